The molecule has 1 aliphatic heterocycles. The molecule has 1 aromatic carbocycles. The minimum absolute atomic E-state index is 0.0678. The Bertz CT molecular complexity index is 419. The number of hydrogen-bond acceptors (Lipinski definition) is 3. The van der Waals surface area contributed by atoms with Crippen molar-refractivity contribution in [3.8, 4) is 11.5 Å². The maximum atomic E-state index is 14.2. The van der Waals surface area contributed by atoms with Gasteiger partial charge in [-0.1, -0.05) is 15.9 Å². The molecule has 2 rings (SSSR count). The van der Waals surface area contributed by atoms with Crippen LogP contribution in [0.2, 0.25) is 0 Å². The highest BCUT2D eigenvalue weighted by Gasteiger charge is 2.25. The lowest BCUT2D eigenvalue weighted by Gasteiger charge is -2.25. The highest BCUT2D eigenvalue weighted by atomic mass is 79.9. The topological polar surface area (TPSA) is 41.5 Å². The van der Waals surface area contributed by atoms with Crippen LogP contribution in [0.4, 0.5) is 4.39 Å². The van der Waals surface area contributed by atoms with Crippen molar-refractivity contribution < 1.29 is 14.2 Å². The third-order valence-corrected chi connectivity index (χ3v) is 3.80. The molecule has 0 aliphatic carbocycles. The molecule has 94 valence electrons. The number of methoxy groups -OCH3 is 1. The summed E-state index contributed by atoms with van der Waals surface area (Å²) in [5, 5.41) is 12.8. The van der Waals surface area contributed by atoms with Gasteiger partial charge >= 0.3 is 0 Å². The minimum Gasteiger partial charge on any atom is -0.504 e. The molecular formula is C12H15BrFNO2. The molecule has 0 saturated carbocycles. The number of phenols is 1. The van der Waals surface area contributed by atoms with Crippen LogP contribution in [0.15, 0.2) is 10.5 Å². The van der Waals surface area contributed by atoms with Crippen LogP contribution in [0.5, 0.6) is 11.5 Å². The van der Waals surface area contributed by atoms with Gasteiger partial charge in [-0.25, -0.2) is 4.39 Å². The van der Waals surface area contributed by atoms with Crippen LogP contribution in [-0.2, 0) is 0 Å². The van der Waals surface area contributed by atoms with Crippen LogP contribution in [0, 0.1) is 5.82 Å². The molecule has 0 atom stereocenters. The van der Waals surface area contributed by atoms with Crippen LogP contribution in [-0.4, -0.2) is 25.3 Å². The van der Waals surface area contributed by atoms with Gasteiger partial charge in [-0.3, -0.25) is 0 Å². The van der Waals surface area contributed by atoms with Crippen molar-refractivity contribution in [1.29, 1.82) is 0 Å². The summed E-state index contributed by atoms with van der Waals surface area (Å²) < 4.78 is 19.8. The van der Waals surface area contributed by atoms with Crippen LogP contribution >= 0.6 is 15.9 Å². The number of nitrogens with one attached hydrogen (secondary N) is 1. The summed E-state index contributed by atoms with van der Waals surface area (Å²) in [6.45, 7) is 1.78. The first-order chi connectivity index (χ1) is 8.15. The summed E-state index contributed by atoms with van der Waals surface area (Å²) >= 11 is 3.32. The Morgan fingerprint density at radius 2 is 2.12 bits per heavy atom. The zero-order valence-corrected chi connectivity index (χ0v) is 11.2. The first-order valence-electron chi connectivity index (χ1n) is 5.60. The van der Waals surface area contributed by atoms with Crippen LogP contribution in [0.1, 0.15) is 24.3 Å². The number of aromatic hydroxyl groups is 1. The number of rotatable bonds is 2. The Balaban J connectivity index is 2.44. The van der Waals surface area contributed by atoms with Crippen molar-refractivity contribution in [2.75, 3.05) is 20.2 Å². The molecule has 1 fully saturated rings. The predicted octanol–water partition coefficient (Wildman–Crippen LogP) is 2.77. The molecule has 1 saturated heterocycles. The Kier molecular flexibility index (Phi) is 3.89. The van der Waals surface area contributed by atoms with Gasteiger partial charge in [0, 0.05) is 10.0 Å². The summed E-state index contributed by atoms with van der Waals surface area (Å²) in [6, 6.07) is 1.50. The summed E-state index contributed by atoms with van der Waals surface area (Å²) in [6.07, 6.45) is 1.78. The van der Waals surface area contributed by atoms with Gasteiger partial charge in [0.05, 0.1) is 7.11 Å². The maximum Gasteiger partial charge on any atom is 0.196 e. The normalized spacial score (nSPS) is 17.1. The fourth-order valence-corrected chi connectivity index (χ4v) is 3.00. The smallest absolute Gasteiger partial charge is 0.196 e. The van der Waals surface area contributed by atoms with Gasteiger partial charge in [-0.2, -0.15) is 0 Å². The monoisotopic (exact) mass is 303 g/mol. The van der Waals surface area contributed by atoms with E-state index in [0.717, 1.165) is 25.9 Å². The average Bonchev–Trinajstić information content (AvgIpc) is 2.30. The van der Waals surface area contributed by atoms with Crippen molar-refractivity contribution in [1.82, 2.24) is 5.32 Å². The Labute approximate surface area is 108 Å². The Morgan fingerprint density at radius 1 is 1.47 bits per heavy atom. The van der Waals surface area contributed by atoms with E-state index in [9.17, 15) is 9.50 Å². The molecule has 0 spiro atoms. The number of ether oxygens (including phenoxy) is 1. The highest BCUT2D eigenvalue weighted by molar-refractivity contribution is 9.10. The molecule has 0 aromatic heterocycles. The van der Waals surface area contributed by atoms with Crippen molar-refractivity contribution in [2.24, 2.45) is 0 Å². The van der Waals surface area contributed by atoms with Gasteiger partial charge in [-0.05, 0) is 37.9 Å². The van der Waals surface area contributed by atoms with E-state index in [-0.39, 0.29) is 17.4 Å². The average molecular weight is 304 g/mol. The van der Waals surface area contributed by atoms with E-state index in [1.54, 1.807) is 0 Å². The van der Waals surface area contributed by atoms with Crippen molar-refractivity contribution in [2.45, 2.75) is 18.8 Å². The SMILES string of the molecule is COc1c(O)cc(Br)c(C2CCNCC2)c1F. The molecule has 0 radical (unpaired) electrons. The quantitative estimate of drug-likeness (QED) is 0.883. The molecule has 17 heavy (non-hydrogen) atoms. The fraction of sp³-hybridized carbons (Fsp3) is 0.500. The van der Waals surface area contributed by atoms with E-state index >= 15 is 0 Å². The lowest BCUT2D eigenvalue weighted by Crippen LogP contribution is -2.27. The summed E-state index contributed by atoms with van der Waals surface area (Å²) in [4.78, 5) is 0. The summed E-state index contributed by atoms with van der Waals surface area (Å²) in [5.74, 6) is -0.525. The third-order valence-electron chi connectivity index (χ3n) is 3.14. The van der Waals surface area contributed by atoms with E-state index in [2.05, 4.69) is 21.2 Å². The largest absolute Gasteiger partial charge is 0.504 e. The maximum absolute atomic E-state index is 14.2. The van der Waals surface area contributed by atoms with Crippen molar-refractivity contribution >= 4 is 15.9 Å². The zero-order valence-electron chi connectivity index (χ0n) is 9.59. The summed E-state index contributed by atoms with van der Waals surface area (Å²) in [5.41, 5.74) is 0.612. The molecule has 3 nitrogen and oxygen atoms in total. The minimum atomic E-state index is -0.453. The first-order valence-corrected chi connectivity index (χ1v) is 6.40. The number of benzene rings is 1. The molecular weight excluding hydrogens is 289 g/mol. The molecule has 1 heterocycles. The lowest BCUT2D eigenvalue weighted by molar-refractivity contribution is 0.344. The molecule has 1 aliphatic rings. The van der Waals surface area contributed by atoms with E-state index in [4.69, 9.17) is 4.74 Å². The number of phenolic OH excluding ortho intramolecular Hbond substituents is 1. The van der Waals surface area contributed by atoms with E-state index in [1.807, 2.05) is 0 Å². The van der Waals surface area contributed by atoms with Crippen LogP contribution in [0.25, 0.3) is 0 Å². The molecule has 0 amide bonds. The molecule has 0 unspecified atom stereocenters. The molecule has 1 aromatic rings. The van der Waals surface area contributed by atoms with E-state index in [0.29, 0.717) is 10.0 Å². The van der Waals surface area contributed by atoms with Gasteiger partial charge in [0.25, 0.3) is 0 Å². The zero-order chi connectivity index (χ0) is 12.4. The van der Waals surface area contributed by atoms with E-state index < -0.39 is 5.82 Å². The van der Waals surface area contributed by atoms with Gasteiger partial charge in [0.1, 0.15) is 0 Å². The fourth-order valence-electron chi connectivity index (χ4n) is 2.28. The molecule has 0 bridgehead atoms. The highest BCUT2D eigenvalue weighted by Crippen LogP contribution is 2.41. The van der Waals surface area contributed by atoms with Crippen LogP contribution < -0.4 is 10.1 Å². The number of halogens is 2. The van der Waals surface area contributed by atoms with Gasteiger partial charge in [0.2, 0.25) is 0 Å². The lowest BCUT2D eigenvalue weighted by atomic mass is 9.89. The van der Waals surface area contributed by atoms with E-state index in [1.165, 1.54) is 13.2 Å². The van der Waals surface area contributed by atoms with Gasteiger partial charge in [0.15, 0.2) is 17.3 Å². The standard InChI is InChI=1S/C12H15BrFNO2/c1-17-12-9(16)6-8(13)10(11(12)14)7-2-4-15-5-3-7/h6-7,15-16H,2-5H2,1H3. The van der Waals surface area contributed by atoms with Gasteiger partial charge in [-0.15, -0.1) is 0 Å². The number of piperidine rings is 1. The van der Waals surface area contributed by atoms with Crippen molar-refractivity contribution in [3.63, 3.8) is 0 Å². The number of hydrogen-bond donors (Lipinski definition) is 2. The third kappa shape index (κ3) is 2.40. The second-order valence-corrected chi connectivity index (χ2v) is 5.02. The second-order valence-electron chi connectivity index (χ2n) is 4.16. The van der Waals surface area contributed by atoms with Crippen molar-refractivity contribution in [3.05, 3.63) is 21.9 Å². The molecule has 5 heteroatoms. The molecule has 2 N–H and O–H groups in total. The van der Waals surface area contributed by atoms with Crippen LogP contribution in [0.3, 0.4) is 0 Å². The first kappa shape index (κ1) is 12.6. The summed E-state index contributed by atoms with van der Waals surface area (Å²) in [7, 11) is 1.36. The van der Waals surface area contributed by atoms with Gasteiger partial charge < -0.3 is 15.2 Å². The second kappa shape index (κ2) is 5.23. The Morgan fingerprint density at radius 3 is 2.71 bits per heavy atom. The predicted molar refractivity (Wildman–Crippen MR) is 67.2 cm³/mol. The Hall–Kier alpha value is -0.810.